The predicted octanol–water partition coefficient (Wildman–Crippen LogP) is 1.96. The molecule has 3 nitrogen and oxygen atoms in total. The SMILES string of the molecule is CN(C)CCCNc1ccc(C(N)=S)c(F)c1F. The highest BCUT2D eigenvalue weighted by Crippen LogP contribution is 2.20. The first-order chi connectivity index (χ1) is 8.43. The average Bonchev–Trinajstić information content (AvgIpc) is 2.29. The van der Waals surface area contributed by atoms with Crippen LogP contribution in [0.15, 0.2) is 12.1 Å². The molecule has 0 atom stereocenters. The molecule has 0 spiro atoms. The van der Waals surface area contributed by atoms with Crippen molar-refractivity contribution in [3.63, 3.8) is 0 Å². The van der Waals surface area contributed by atoms with E-state index < -0.39 is 11.6 Å². The maximum Gasteiger partial charge on any atom is 0.182 e. The molecule has 0 saturated heterocycles. The third kappa shape index (κ3) is 3.89. The lowest BCUT2D eigenvalue weighted by atomic mass is 10.1. The minimum absolute atomic E-state index is 0.0682. The highest BCUT2D eigenvalue weighted by atomic mass is 32.1. The van der Waals surface area contributed by atoms with Gasteiger partial charge in [-0.2, -0.15) is 0 Å². The molecule has 0 heterocycles. The Bertz CT molecular complexity index is 436. The van der Waals surface area contributed by atoms with Crippen molar-refractivity contribution in [1.82, 2.24) is 4.90 Å². The zero-order chi connectivity index (χ0) is 13.7. The topological polar surface area (TPSA) is 41.3 Å². The second kappa shape index (κ2) is 6.61. The first kappa shape index (κ1) is 14.8. The summed E-state index contributed by atoms with van der Waals surface area (Å²) in [7, 11) is 3.91. The lowest BCUT2D eigenvalue weighted by Crippen LogP contribution is -2.17. The normalized spacial score (nSPS) is 10.7. The summed E-state index contributed by atoms with van der Waals surface area (Å²) < 4.78 is 27.2. The molecular formula is C12H17F2N3S. The quantitative estimate of drug-likeness (QED) is 0.614. The first-order valence-electron chi connectivity index (χ1n) is 5.60. The Labute approximate surface area is 111 Å². The molecule has 1 rings (SSSR count). The fourth-order valence-electron chi connectivity index (χ4n) is 1.49. The molecule has 18 heavy (non-hydrogen) atoms. The number of rotatable bonds is 6. The summed E-state index contributed by atoms with van der Waals surface area (Å²) in [6, 6.07) is 2.83. The van der Waals surface area contributed by atoms with Crippen LogP contribution in [-0.2, 0) is 0 Å². The van der Waals surface area contributed by atoms with E-state index in [9.17, 15) is 8.78 Å². The molecule has 100 valence electrons. The minimum atomic E-state index is -1.000. The van der Waals surface area contributed by atoms with Gasteiger partial charge in [-0.1, -0.05) is 12.2 Å². The van der Waals surface area contributed by atoms with E-state index in [2.05, 4.69) is 17.5 Å². The molecule has 1 aromatic rings. The van der Waals surface area contributed by atoms with Crippen molar-refractivity contribution in [2.75, 3.05) is 32.5 Å². The van der Waals surface area contributed by atoms with E-state index in [4.69, 9.17) is 5.73 Å². The zero-order valence-corrected chi connectivity index (χ0v) is 11.3. The maximum atomic E-state index is 13.6. The predicted molar refractivity (Wildman–Crippen MR) is 73.9 cm³/mol. The van der Waals surface area contributed by atoms with Crippen molar-refractivity contribution in [1.29, 1.82) is 0 Å². The van der Waals surface area contributed by atoms with Crippen LogP contribution in [0.3, 0.4) is 0 Å². The molecule has 0 saturated carbocycles. The summed E-state index contributed by atoms with van der Waals surface area (Å²) in [4.78, 5) is 1.87. The Morgan fingerprint density at radius 3 is 2.56 bits per heavy atom. The fraction of sp³-hybridized carbons (Fsp3) is 0.417. The van der Waals surface area contributed by atoms with E-state index in [1.54, 1.807) is 0 Å². The lowest BCUT2D eigenvalue weighted by Gasteiger charge is -2.12. The van der Waals surface area contributed by atoms with Gasteiger partial charge in [0, 0.05) is 12.1 Å². The molecule has 0 unspecified atom stereocenters. The summed E-state index contributed by atoms with van der Waals surface area (Å²) in [5, 5.41) is 2.85. The summed E-state index contributed by atoms with van der Waals surface area (Å²) in [6.45, 7) is 1.45. The van der Waals surface area contributed by atoms with Crippen molar-refractivity contribution in [3.05, 3.63) is 29.3 Å². The summed E-state index contributed by atoms with van der Waals surface area (Å²) >= 11 is 4.63. The summed E-state index contributed by atoms with van der Waals surface area (Å²) in [5.41, 5.74) is 5.35. The van der Waals surface area contributed by atoms with Crippen LogP contribution in [0.1, 0.15) is 12.0 Å². The smallest absolute Gasteiger partial charge is 0.182 e. The Morgan fingerprint density at radius 2 is 2.00 bits per heavy atom. The Balaban J connectivity index is 2.68. The van der Waals surface area contributed by atoms with Crippen LogP contribution in [0.25, 0.3) is 0 Å². The van der Waals surface area contributed by atoms with Crippen LogP contribution < -0.4 is 11.1 Å². The summed E-state index contributed by atoms with van der Waals surface area (Å²) in [6.07, 6.45) is 0.838. The van der Waals surface area contributed by atoms with E-state index in [0.29, 0.717) is 6.54 Å². The molecule has 0 radical (unpaired) electrons. The second-order valence-corrected chi connectivity index (χ2v) is 4.68. The van der Waals surface area contributed by atoms with Gasteiger partial charge in [-0.15, -0.1) is 0 Å². The van der Waals surface area contributed by atoms with Gasteiger partial charge in [-0.25, -0.2) is 8.78 Å². The first-order valence-corrected chi connectivity index (χ1v) is 6.00. The van der Waals surface area contributed by atoms with E-state index in [0.717, 1.165) is 13.0 Å². The number of thiocarbonyl (C=S) groups is 1. The third-order valence-corrected chi connectivity index (χ3v) is 2.67. The van der Waals surface area contributed by atoms with Gasteiger partial charge in [-0.05, 0) is 39.2 Å². The van der Waals surface area contributed by atoms with Gasteiger partial charge in [0.15, 0.2) is 11.6 Å². The van der Waals surface area contributed by atoms with Crippen LogP contribution in [0.2, 0.25) is 0 Å². The molecule has 0 aliphatic rings. The van der Waals surface area contributed by atoms with Crippen LogP contribution in [0, 0.1) is 11.6 Å². The second-order valence-electron chi connectivity index (χ2n) is 4.24. The lowest BCUT2D eigenvalue weighted by molar-refractivity contribution is 0.405. The Hall–Kier alpha value is -1.27. The molecule has 0 aliphatic carbocycles. The van der Waals surface area contributed by atoms with Crippen LogP contribution >= 0.6 is 12.2 Å². The number of halogens is 2. The van der Waals surface area contributed by atoms with Crippen molar-refractivity contribution < 1.29 is 8.78 Å². The van der Waals surface area contributed by atoms with E-state index in [-0.39, 0.29) is 16.2 Å². The number of hydrogen-bond donors (Lipinski definition) is 2. The van der Waals surface area contributed by atoms with Crippen molar-refractivity contribution in [3.8, 4) is 0 Å². The number of nitrogens with one attached hydrogen (secondary N) is 1. The molecule has 0 aromatic heterocycles. The third-order valence-electron chi connectivity index (χ3n) is 2.45. The minimum Gasteiger partial charge on any atom is -0.389 e. The highest BCUT2D eigenvalue weighted by molar-refractivity contribution is 7.80. The van der Waals surface area contributed by atoms with Gasteiger partial charge in [0.2, 0.25) is 0 Å². The maximum absolute atomic E-state index is 13.6. The van der Waals surface area contributed by atoms with E-state index in [1.807, 2.05) is 19.0 Å². The standard InChI is InChI=1S/C12H17F2N3S/c1-17(2)7-3-6-16-9-5-4-8(12(15)18)10(13)11(9)14/h4-5,16H,3,6-7H2,1-2H3,(H2,15,18). The zero-order valence-electron chi connectivity index (χ0n) is 10.5. The van der Waals surface area contributed by atoms with Crippen LogP contribution in [-0.4, -0.2) is 37.1 Å². The molecule has 6 heteroatoms. The van der Waals surface area contributed by atoms with Gasteiger partial charge in [0.25, 0.3) is 0 Å². The molecule has 0 fully saturated rings. The van der Waals surface area contributed by atoms with Gasteiger partial charge < -0.3 is 16.0 Å². The molecular weight excluding hydrogens is 256 g/mol. The van der Waals surface area contributed by atoms with Crippen molar-refractivity contribution in [2.24, 2.45) is 5.73 Å². The monoisotopic (exact) mass is 273 g/mol. The fourth-order valence-corrected chi connectivity index (χ4v) is 1.65. The average molecular weight is 273 g/mol. The Kier molecular flexibility index (Phi) is 5.43. The number of nitrogens with zero attached hydrogens (tertiary/aromatic N) is 1. The molecule has 0 aliphatic heterocycles. The van der Waals surface area contributed by atoms with E-state index >= 15 is 0 Å². The largest absolute Gasteiger partial charge is 0.389 e. The van der Waals surface area contributed by atoms with Crippen molar-refractivity contribution in [2.45, 2.75) is 6.42 Å². The van der Waals surface area contributed by atoms with Crippen LogP contribution in [0.5, 0.6) is 0 Å². The molecule has 0 amide bonds. The molecule has 3 N–H and O–H groups in total. The van der Waals surface area contributed by atoms with E-state index in [1.165, 1.54) is 12.1 Å². The number of benzene rings is 1. The highest BCUT2D eigenvalue weighted by Gasteiger charge is 2.14. The van der Waals surface area contributed by atoms with Gasteiger partial charge in [0.05, 0.1) is 5.69 Å². The number of anilines is 1. The molecule has 1 aromatic carbocycles. The van der Waals surface area contributed by atoms with Gasteiger partial charge in [-0.3, -0.25) is 0 Å². The number of nitrogens with two attached hydrogens (primary N) is 1. The van der Waals surface area contributed by atoms with Gasteiger partial charge >= 0.3 is 0 Å². The Morgan fingerprint density at radius 1 is 1.33 bits per heavy atom. The van der Waals surface area contributed by atoms with Crippen molar-refractivity contribution >= 4 is 22.9 Å². The molecule has 0 bridgehead atoms. The number of hydrogen-bond acceptors (Lipinski definition) is 3. The van der Waals surface area contributed by atoms with Crippen LogP contribution in [0.4, 0.5) is 14.5 Å². The van der Waals surface area contributed by atoms with Gasteiger partial charge in [0.1, 0.15) is 4.99 Å². The summed E-state index contributed by atoms with van der Waals surface area (Å²) in [5.74, 6) is -1.94.